The van der Waals surface area contributed by atoms with Crippen molar-refractivity contribution in [1.29, 1.82) is 0 Å². The summed E-state index contributed by atoms with van der Waals surface area (Å²) in [6.07, 6.45) is 0.661. The molecule has 1 aliphatic heterocycles. The molecule has 5 heteroatoms. The zero-order valence-electron chi connectivity index (χ0n) is 15.5. The first-order valence-electron chi connectivity index (χ1n) is 9.13. The van der Waals surface area contributed by atoms with Gasteiger partial charge < -0.3 is 14.6 Å². The molecule has 0 radical (unpaired) electrons. The van der Waals surface area contributed by atoms with Crippen LogP contribution in [0.4, 0.5) is 0 Å². The van der Waals surface area contributed by atoms with Crippen LogP contribution in [-0.4, -0.2) is 33.0 Å². The highest BCUT2D eigenvalue weighted by Crippen LogP contribution is 2.33. The first-order chi connectivity index (χ1) is 13.0. The van der Waals surface area contributed by atoms with Crippen LogP contribution in [0, 0.1) is 13.8 Å². The highest BCUT2D eigenvalue weighted by Gasteiger charge is 2.28. The molecule has 138 valence electrons. The Balaban J connectivity index is 1.79. The number of benzene rings is 2. The van der Waals surface area contributed by atoms with Crippen molar-refractivity contribution >= 4 is 22.8 Å². The molecule has 1 N–H and O–H groups in total. The van der Waals surface area contributed by atoms with Crippen molar-refractivity contribution in [2.24, 2.45) is 0 Å². The Hall–Kier alpha value is -3.08. The Morgan fingerprint density at radius 3 is 2.48 bits per heavy atom. The number of carbonyl (C=O) groups is 2. The molecular formula is C22H22N2O3. The molecule has 0 bridgehead atoms. The number of aromatic nitrogens is 1. The molecule has 0 fully saturated rings. The number of nitrogens with zero attached hydrogens (tertiary/aromatic N) is 2. The van der Waals surface area contributed by atoms with E-state index in [1.54, 1.807) is 0 Å². The topological polar surface area (TPSA) is 62.5 Å². The van der Waals surface area contributed by atoms with Crippen LogP contribution < -0.4 is 0 Å². The van der Waals surface area contributed by atoms with E-state index in [0.717, 1.165) is 27.7 Å². The van der Waals surface area contributed by atoms with E-state index >= 15 is 0 Å². The van der Waals surface area contributed by atoms with Crippen LogP contribution in [-0.2, 0) is 24.3 Å². The quantitative estimate of drug-likeness (QED) is 0.775. The number of hydrogen-bond acceptors (Lipinski definition) is 2. The van der Waals surface area contributed by atoms with Gasteiger partial charge in [-0.1, -0.05) is 18.2 Å². The molecule has 0 aliphatic carbocycles. The minimum atomic E-state index is -0.851. The molecule has 2 aromatic carbocycles. The van der Waals surface area contributed by atoms with Gasteiger partial charge >= 0.3 is 5.97 Å². The normalized spacial score (nSPS) is 13.6. The lowest BCUT2D eigenvalue weighted by molar-refractivity contribution is -0.137. The van der Waals surface area contributed by atoms with Crippen molar-refractivity contribution in [2.75, 3.05) is 6.54 Å². The monoisotopic (exact) mass is 362 g/mol. The minimum Gasteiger partial charge on any atom is -0.480 e. The lowest BCUT2D eigenvalue weighted by Crippen LogP contribution is -2.36. The highest BCUT2D eigenvalue weighted by molar-refractivity contribution is 5.95. The zero-order chi connectivity index (χ0) is 19.1. The molecule has 5 nitrogen and oxygen atoms in total. The van der Waals surface area contributed by atoms with Crippen LogP contribution in [0.3, 0.4) is 0 Å². The number of hydrogen-bond donors (Lipinski definition) is 1. The van der Waals surface area contributed by atoms with E-state index in [1.165, 1.54) is 5.56 Å². The number of fused-ring (bicyclic) bond motifs is 3. The largest absolute Gasteiger partial charge is 0.480 e. The van der Waals surface area contributed by atoms with Crippen molar-refractivity contribution in [2.45, 2.75) is 33.4 Å². The molecule has 1 amide bonds. The molecule has 0 saturated heterocycles. The van der Waals surface area contributed by atoms with Gasteiger partial charge in [0.2, 0.25) is 0 Å². The van der Waals surface area contributed by atoms with Crippen LogP contribution in [0.15, 0.2) is 42.5 Å². The molecule has 1 aromatic heterocycles. The van der Waals surface area contributed by atoms with Gasteiger partial charge in [0.25, 0.3) is 5.91 Å². The first-order valence-corrected chi connectivity index (χ1v) is 9.13. The third-order valence-corrected chi connectivity index (χ3v) is 5.47. The van der Waals surface area contributed by atoms with E-state index in [-0.39, 0.29) is 12.5 Å². The standard InChI is InChI=1S/C22H22N2O3/c1-14-10-17-18-12-23(22(27)16-6-4-3-5-7-16)9-8-19(18)24(13-21(25)26)20(17)11-15(14)2/h3-7,10-11H,8-9,12-13H2,1-2H3,(H,25,26). The molecule has 27 heavy (non-hydrogen) atoms. The Bertz CT molecular complexity index is 1050. The summed E-state index contributed by atoms with van der Waals surface area (Å²) in [5.41, 5.74) is 6.05. The van der Waals surface area contributed by atoms with Gasteiger partial charge in [-0.3, -0.25) is 9.59 Å². The average molecular weight is 362 g/mol. The fourth-order valence-electron chi connectivity index (χ4n) is 3.96. The number of carboxylic acids is 1. The van der Waals surface area contributed by atoms with Crippen LogP contribution in [0.2, 0.25) is 0 Å². The predicted octanol–water partition coefficient (Wildman–Crippen LogP) is 3.54. The summed E-state index contributed by atoms with van der Waals surface area (Å²) in [4.78, 5) is 26.2. The number of amides is 1. The molecule has 3 aromatic rings. The van der Waals surface area contributed by atoms with E-state index in [9.17, 15) is 14.7 Å². The van der Waals surface area contributed by atoms with Gasteiger partial charge in [-0.2, -0.15) is 0 Å². The van der Waals surface area contributed by atoms with Crippen LogP contribution in [0.5, 0.6) is 0 Å². The van der Waals surface area contributed by atoms with Gasteiger partial charge in [-0.25, -0.2) is 0 Å². The first kappa shape index (κ1) is 17.3. The van der Waals surface area contributed by atoms with Crippen LogP contribution in [0.1, 0.15) is 32.7 Å². The minimum absolute atomic E-state index is 0.0178. The average Bonchev–Trinajstić information content (AvgIpc) is 2.94. The van der Waals surface area contributed by atoms with E-state index in [4.69, 9.17) is 0 Å². The lowest BCUT2D eigenvalue weighted by Gasteiger charge is -2.28. The summed E-state index contributed by atoms with van der Waals surface area (Å²) in [5.74, 6) is -0.833. The second-order valence-corrected chi connectivity index (χ2v) is 7.20. The summed E-state index contributed by atoms with van der Waals surface area (Å²) in [7, 11) is 0. The van der Waals surface area contributed by atoms with E-state index in [0.29, 0.717) is 25.1 Å². The van der Waals surface area contributed by atoms with Gasteiger partial charge in [-0.05, 0) is 49.2 Å². The molecule has 0 atom stereocenters. The zero-order valence-corrected chi connectivity index (χ0v) is 15.5. The third-order valence-electron chi connectivity index (χ3n) is 5.47. The van der Waals surface area contributed by atoms with Crippen molar-refractivity contribution in [3.63, 3.8) is 0 Å². The number of carboxylic acid groups (broad SMARTS) is 1. The second kappa shape index (κ2) is 6.58. The number of rotatable bonds is 3. The SMILES string of the molecule is Cc1cc2c3c(n(CC(=O)O)c2cc1C)CCN(C(=O)c1ccccc1)C3. The van der Waals surface area contributed by atoms with E-state index in [2.05, 4.69) is 19.1 Å². The van der Waals surface area contributed by atoms with Crippen molar-refractivity contribution < 1.29 is 14.7 Å². The van der Waals surface area contributed by atoms with Gasteiger partial charge in [0.05, 0.1) is 0 Å². The highest BCUT2D eigenvalue weighted by atomic mass is 16.4. The Labute approximate surface area is 157 Å². The third kappa shape index (κ3) is 2.99. The number of aryl methyl sites for hydroxylation is 2. The summed E-state index contributed by atoms with van der Waals surface area (Å²) >= 11 is 0. The Kier molecular flexibility index (Phi) is 4.22. The van der Waals surface area contributed by atoms with Gasteiger partial charge in [0, 0.05) is 47.2 Å². The van der Waals surface area contributed by atoms with E-state index < -0.39 is 5.97 Å². The maximum Gasteiger partial charge on any atom is 0.323 e. The smallest absolute Gasteiger partial charge is 0.323 e. The van der Waals surface area contributed by atoms with Crippen LogP contribution >= 0.6 is 0 Å². The van der Waals surface area contributed by atoms with Crippen LogP contribution in [0.25, 0.3) is 10.9 Å². The van der Waals surface area contributed by atoms with Gasteiger partial charge in [0.15, 0.2) is 0 Å². The Morgan fingerprint density at radius 1 is 1.07 bits per heavy atom. The fraction of sp³-hybridized carbons (Fsp3) is 0.273. The molecule has 0 spiro atoms. The van der Waals surface area contributed by atoms with Gasteiger partial charge in [0.1, 0.15) is 6.54 Å². The predicted molar refractivity (Wildman–Crippen MR) is 104 cm³/mol. The van der Waals surface area contributed by atoms with Crippen molar-refractivity contribution in [3.05, 3.63) is 70.4 Å². The van der Waals surface area contributed by atoms with E-state index in [1.807, 2.05) is 46.7 Å². The Morgan fingerprint density at radius 2 is 1.78 bits per heavy atom. The number of carbonyl (C=O) groups excluding carboxylic acids is 1. The molecule has 0 saturated carbocycles. The molecular weight excluding hydrogens is 340 g/mol. The summed E-state index contributed by atoms with van der Waals surface area (Å²) in [5, 5.41) is 10.4. The van der Waals surface area contributed by atoms with Crippen molar-refractivity contribution in [1.82, 2.24) is 9.47 Å². The maximum atomic E-state index is 12.9. The maximum absolute atomic E-state index is 12.9. The second-order valence-electron chi connectivity index (χ2n) is 7.20. The fourth-order valence-corrected chi connectivity index (χ4v) is 3.96. The summed E-state index contributed by atoms with van der Waals surface area (Å²) in [6.45, 7) is 5.15. The van der Waals surface area contributed by atoms with Crippen molar-refractivity contribution in [3.8, 4) is 0 Å². The molecule has 2 heterocycles. The number of aliphatic carboxylic acids is 1. The molecule has 0 unspecified atom stereocenters. The summed E-state index contributed by atoms with van der Waals surface area (Å²) in [6, 6.07) is 13.5. The summed E-state index contributed by atoms with van der Waals surface area (Å²) < 4.78 is 1.91. The van der Waals surface area contributed by atoms with Gasteiger partial charge in [-0.15, -0.1) is 0 Å². The molecule has 4 rings (SSSR count). The molecule has 1 aliphatic rings. The lowest BCUT2D eigenvalue weighted by atomic mass is 10.0.